The molecule has 1 aromatic heterocycles. The second-order valence-corrected chi connectivity index (χ2v) is 9.79. The molecule has 13 heteroatoms. The van der Waals surface area contributed by atoms with Gasteiger partial charge in [0.15, 0.2) is 0 Å². The fourth-order valence-electron chi connectivity index (χ4n) is 4.69. The van der Waals surface area contributed by atoms with E-state index < -0.39 is 11.9 Å². The number of rotatable bonds is 8. The summed E-state index contributed by atoms with van der Waals surface area (Å²) in [5.41, 5.74) is 15.6. The molecule has 3 aromatic carbocycles. The number of halogens is 2. The molecule has 1 fully saturated rings. The van der Waals surface area contributed by atoms with Crippen molar-refractivity contribution >= 4 is 41.3 Å². The molecule has 1 aliphatic rings. The summed E-state index contributed by atoms with van der Waals surface area (Å²) < 4.78 is 18.9. The molecule has 0 atom stereocenters. The fraction of sp³-hybridized carbons (Fsp3) is 0.241. The molecular formula is C29H32ClFN8O3. The van der Waals surface area contributed by atoms with Crippen LogP contribution >= 0.6 is 12.4 Å². The maximum atomic E-state index is 13.1. The molecule has 2 heterocycles. The van der Waals surface area contributed by atoms with Crippen LogP contribution in [0.2, 0.25) is 0 Å². The first-order valence-electron chi connectivity index (χ1n) is 13.2. The zero-order chi connectivity index (χ0) is 28.9. The minimum Gasteiger partial charge on any atom is -0.409 e. The summed E-state index contributed by atoms with van der Waals surface area (Å²) in [5.74, 6) is 0.480. The van der Waals surface area contributed by atoms with Crippen LogP contribution in [0.15, 0.2) is 60.7 Å². The molecule has 0 bridgehead atoms. The lowest BCUT2D eigenvalue weighted by Crippen LogP contribution is -2.58. The number of aromatic nitrogens is 2. The van der Waals surface area contributed by atoms with Crippen molar-refractivity contribution in [1.29, 1.82) is 5.41 Å². The zero-order valence-corrected chi connectivity index (χ0v) is 23.8. The molecule has 11 nitrogen and oxygen atoms in total. The monoisotopic (exact) mass is 594 g/mol. The standard InChI is InChI=1S/C29H31FN8O3.ClH/c1-18-33-24-12-13-25(23(26(24)34-18)11-4-19-2-5-20(6-3-19)27(31)32)41-29(40)36-38-16-14-37(15-17-38)35-28(39)21-7-9-22(30)10-8-21;/h2-3,5-10,12-13H,4,11,14-17H2,1H3,(H3,31,32)(H,33,34)(H,35,39)(H,36,40);1H. The number of hydrogen-bond acceptors (Lipinski definition) is 7. The number of nitrogens with two attached hydrogens (primary N) is 1. The van der Waals surface area contributed by atoms with Crippen molar-refractivity contribution in [3.8, 4) is 5.75 Å². The predicted octanol–water partition coefficient (Wildman–Crippen LogP) is 3.47. The average molecular weight is 595 g/mol. The van der Waals surface area contributed by atoms with E-state index in [2.05, 4.69) is 20.8 Å². The maximum Gasteiger partial charge on any atom is 0.427 e. The number of nitrogens with zero attached hydrogens (tertiary/aromatic N) is 3. The highest BCUT2D eigenvalue weighted by atomic mass is 35.5. The Morgan fingerprint density at radius 1 is 0.952 bits per heavy atom. The Balaban J connectivity index is 0.00000405. The van der Waals surface area contributed by atoms with Crippen molar-refractivity contribution < 1.29 is 18.7 Å². The number of hydrogen-bond donors (Lipinski definition) is 5. The number of benzene rings is 3. The van der Waals surface area contributed by atoms with Crippen LogP contribution in [0.4, 0.5) is 9.18 Å². The van der Waals surface area contributed by atoms with E-state index in [9.17, 15) is 14.0 Å². The number of nitrogens with one attached hydrogen (secondary N) is 4. The van der Waals surface area contributed by atoms with Gasteiger partial charge in [0.05, 0.1) is 11.0 Å². The van der Waals surface area contributed by atoms with Crippen LogP contribution in [0, 0.1) is 18.2 Å². The lowest BCUT2D eigenvalue weighted by molar-refractivity contribution is 0.0483. The van der Waals surface area contributed by atoms with E-state index in [4.69, 9.17) is 15.9 Å². The molecule has 0 aliphatic carbocycles. The summed E-state index contributed by atoms with van der Waals surface area (Å²) in [6.45, 7) is 3.73. The van der Waals surface area contributed by atoms with E-state index in [0.717, 1.165) is 28.0 Å². The molecule has 1 saturated heterocycles. The number of H-pyrrole nitrogens is 1. The van der Waals surface area contributed by atoms with Crippen LogP contribution < -0.4 is 21.3 Å². The van der Waals surface area contributed by atoms with Crippen molar-refractivity contribution in [2.45, 2.75) is 19.8 Å². The van der Waals surface area contributed by atoms with Crippen molar-refractivity contribution in [2.24, 2.45) is 5.73 Å². The summed E-state index contributed by atoms with van der Waals surface area (Å²) in [6, 6.07) is 16.4. The molecule has 6 N–H and O–H groups in total. The van der Waals surface area contributed by atoms with E-state index >= 15 is 0 Å². The van der Waals surface area contributed by atoms with Crippen LogP contribution in [-0.4, -0.2) is 64.0 Å². The molecule has 220 valence electrons. The van der Waals surface area contributed by atoms with Gasteiger partial charge in [-0.25, -0.2) is 24.2 Å². The lowest BCUT2D eigenvalue weighted by atomic mass is 10.0. The van der Waals surface area contributed by atoms with Gasteiger partial charge in [0.1, 0.15) is 23.2 Å². The molecule has 0 saturated carbocycles. The predicted molar refractivity (Wildman–Crippen MR) is 159 cm³/mol. The Morgan fingerprint density at radius 2 is 1.57 bits per heavy atom. The summed E-state index contributed by atoms with van der Waals surface area (Å²) in [6.07, 6.45) is 0.635. The number of amides is 2. The number of aryl methyl sites for hydroxylation is 3. The van der Waals surface area contributed by atoms with Crippen LogP contribution in [-0.2, 0) is 12.8 Å². The molecule has 0 unspecified atom stereocenters. The first-order valence-corrected chi connectivity index (χ1v) is 13.2. The minimum absolute atomic E-state index is 0. The minimum atomic E-state index is -0.618. The number of carbonyl (C=O) groups excluding carboxylic acids is 2. The fourth-order valence-corrected chi connectivity index (χ4v) is 4.69. The Bertz CT molecular complexity index is 1570. The number of aromatic amines is 1. The van der Waals surface area contributed by atoms with Gasteiger partial charge in [-0.1, -0.05) is 24.3 Å². The molecule has 0 spiro atoms. The number of piperazine rings is 1. The number of nitrogen functional groups attached to an aromatic ring is 1. The lowest BCUT2D eigenvalue weighted by Gasteiger charge is -2.34. The van der Waals surface area contributed by atoms with Gasteiger partial charge in [0.2, 0.25) is 0 Å². The number of amidine groups is 1. The molecule has 5 rings (SSSR count). The maximum absolute atomic E-state index is 13.1. The molecule has 1 aliphatic heterocycles. The Hall–Kier alpha value is -4.52. The Morgan fingerprint density at radius 3 is 2.21 bits per heavy atom. The van der Waals surface area contributed by atoms with Crippen molar-refractivity contribution in [1.82, 2.24) is 30.8 Å². The first kappa shape index (κ1) is 30.4. The third kappa shape index (κ3) is 7.40. The molecule has 42 heavy (non-hydrogen) atoms. The van der Waals surface area contributed by atoms with E-state index in [0.29, 0.717) is 55.9 Å². The number of fused-ring (bicyclic) bond motifs is 1. The van der Waals surface area contributed by atoms with E-state index in [1.54, 1.807) is 16.1 Å². The highest BCUT2D eigenvalue weighted by Gasteiger charge is 2.22. The van der Waals surface area contributed by atoms with Gasteiger partial charge >= 0.3 is 6.09 Å². The van der Waals surface area contributed by atoms with E-state index in [1.807, 2.05) is 37.3 Å². The molecule has 2 amide bonds. The Kier molecular flexibility index (Phi) is 9.73. The van der Waals surface area contributed by atoms with Gasteiger partial charge in [-0.05, 0) is 61.7 Å². The zero-order valence-electron chi connectivity index (χ0n) is 22.9. The van der Waals surface area contributed by atoms with Gasteiger partial charge in [-0.15, -0.1) is 12.4 Å². The third-order valence-corrected chi connectivity index (χ3v) is 6.86. The summed E-state index contributed by atoms with van der Waals surface area (Å²) in [5, 5.41) is 11.1. The highest BCUT2D eigenvalue weighted by molar-refractivity contribution is 5.95. The van der Waals surface area contributed by atoms with Gasteiger partial charge in [0.25, 0.3) is 5.91 Å². The normalized spacial score (nSPS) is 13.8. The van der Waals surface area contributed by atoms with E-state index in [1.165, 1.54) is 24.3 Å². The van der Waals surface area contributed by atoms with Crippen molar-refractivity contribution in [3.05, 3.63) is 94.6 Å². The molecule has 4 aromatic rings. The van der Waals surface area contributed by atoms with Gasteiger partial charge in [0, 0.05) is 42.9 Å². The van der Waals surface area contributed by atoms with Gasteiger partial charge in [-0.2, -0.15) is 0 Å². The average Bonchev–Trinajstić information content (AvgIpc) is 3.34. The smallest absolute Gasteiger partial charge is 0.409 e. The van der Waals surface area contributed by atoms with Crippen LogP contribution in [0.3, 0.4) is 0 Å². The SMILES string of the molecule is Cc1nc2c(CCc3ccc(C(=N)N)cc3)c(OC(=O)NN3CCN(NC(=O)c4ccc(F)cc4)CC3)ccc2[nH]1.Cl. The summed E-state index contributed by atoms with van der Waals surface area (Å²) in [4.78, 5) is 33.1. The number of imidazole rings is 1. The van der Waals surface area contributed by atoms with Crippen molar-refractivity contribution in [3.63, 3.8) is 0 Å². The summed E-state index contributed by atoms with van der Waals surface area (Å²) in [7, 11) is 0. The number of hydrazine groups is 2. The van der Waals surface area contributed by atoms with Crippen molar-refractivity contribution in [2.75, 3.05) is 26.2 Å². The largest absolute Gasteiger partial charge is 0.427 e. The topological polar surface area (TPSA) is 152 Å². The van der Waals surface area contributed by atoms with E-state index in [-0.39, 0.29) is 24.1 Å². The second-order valence-electron chi connectivity index (χ2n) is 9.79. The second kappa shape index (κ2) is 13.4. The summed E-state index contributed by atoms with van der Waals surface area (Å²) >= 11 is 0. The quantitative estimate of drug-likeness (QED) is 0.155. The van der Waals surface area contributed by atoms with Crippen LogP contribution in [0.25, 0.3) is 11.0 Å². The van der Waals surface area contributed by atoms with Gasteiger partial charge in [-0.3, -0.25) is 21.1 Å². The van der Waals surface area contributed by atoms with Gasteiger partial charge < -0.3 is 15.5 Å². The first-order chi connectivity index (χ1) is 19.7. The third-order valence-electron chi connectivity index (χ3n) is 6.86. The van der Waals surface area contributed by atoms with Crippen LogP contribution in [0.5, 0.6) is 5.75 Å². The molecule has 0 radical (unpaired) electrons. The van der Waals surface area contributed by atoms with Crippen LogP contribution in [0.1, 0.15) is 32.9 Å². The highest BCUT2D eigenvalue weighted by Crippen LogP contribution is 2.28. The number of ether oxygens (including phenoxy) is 1. The number of carbonyl (C=O) groups is 2. The Labute approximate surface area is 248 Å². The molecular weight excluding hydrogens is 563 g/mol.